The molecule has 2 rings (SSSR count). The Kier molecular flexibility index (Phi) is 5.38. The van der Waals surface area contributed by atoms with E-state index in [1.54, 1.807) is 10.9 Å². The standard InChI is InChI=1S/C15H20ClN5O/c1-4-13(11-6-5-7-12(16)8-11)19-15(22)18-10(2)14-20-17-9-21(14)3/h5-10,13H,4H2,1-3H3,(H2,18,19,22). The maximum absolute atomic E-state index is 12.2. The van der Waals surface area contributed by atoms with Crippen LogP contribution in [0.3, 0.4) is 0 Å². The van der Waals surface area contributed by atoms with Crippen LogP contribution in [0.15, 0.2) is 30.6 Å². The zero-order chi connectivity index (χ0) is 16.1. The van der Waals surface area contributed by atoms with Gasteiger partial charge >= 0.3 is 6.03 Å². The number of carbonyl (C=O) groups excluding carboxylic acids is 1. The monoisotopic (exact) mass is 321 g/mol. The molecule has 2 amide bonds. The van der Waals surface area contributed by atoms with Crippen LogP contribution in [0.2, 0.25) is 5.02 Å². The van der Waals surface area contributed by atoms with Crippen molar-refractivity contribution in [2.75, 3.05) is 0 Å². The number of aromatic nitrogens is 3. The van der Waals surface area contributed by atoms with Crippen LogP contribution in [0.5, 0.6) is 0 Å². The first-order chi connectivity index (χ1) is 10.5. The lowest BCUT2D eigenvalue weighted by molar-refractivity contribution is 0.233. The second-order valence-electron chi connectivity index (χ2n) is 5.16. The molecule has 0 spiro atoms. The van der Waals surface area contributed by atoms with E-state index in [-0.39, 0.29) is 18.1 Å². The Balaban J connectivity index is 1.99. The summed E-state index contributed by atoms with van der Waals surface area (Å²) >= 11 is 6.01. The van der Waals surface area contributed by atoms with Crippen LogP contribution in [-0.2, 0) is 7.05 Å². The van der Waals surface area contributed by atoms with Crippen LogP contribution in [-0.4, -0.2) is 20.8 Å². The summed E-state index contributed by atoms with van der Waals surface area (Å²) in [6.45, 7) is 3.88. The summed E-state index contributed by atoms with van der Waals surface area (Å²) in [7, 11) is 1.84. The van der Waals surface area contributed by atoms with Gasteiger partial charge in [0.2, 0.25) is 0 Å². The van der Waals surface area contributed by atoms with Crippen LogP contribution >= 0.6 is 11.6 Å². The zero-order valence-corrected chi connectivity index (χ0v) is 13.6. The molecule has 0 saturated heterocycles. The lowest BCUT2D eigenvalue weighted by Gasteiger charge is -2.20. The number of aryl methyl sites for hydroxylation is 1. The molecule has 2 atom stereocenters. The smallest absolute Gasteiger partial charge is 0.315 e. The third-order valence-electron chi connectivity index (χ3n) is 3.45. The van der Waals surface area contributed by atoms with E-state index in [2.05, 4.69) is 20.8 Å². The van der Waals surface area contributed by atoms with Gasteiger partial charge in [-0.05, 0) is 31.0 Å². The van der Waals surface area contributed by atoms with Gasteiger partial charge in [0.15, 0.2) is 5.82 Å². The molecule has 1 aromatic heterocycles. The number of benzene rings is 1. The second-order valence-corrected chi connectivity index (χ2v) is 5.59. The normalized spacial score (nSPS) is 13.5. The molecule has 22 heavy (non-hydrogen) atoms. The third kappa shape index (κ3) is 3.98. The number of hydrogen-bond donors (Lipinski definition) is 2. The van der Waals surface area contributed by atoms with E-state index in [1.165, 1.54) is 0 Å². The maximum Gasteiger partial charge on any atom is 0.315 e. The predicted octanol–water partition coefficient (Wildman–Crippen LogP) is 2.98. The Labute approximate surface area is 134 Å². The predicted molar refractivity (Wildman–Crippen MR) is 85.6 cm³/mol. The van der Waals surface area contributed by atoms with Gasteiger partial charge in [-0.25, -0.2) is 4.79 Å². The molecule has 2 aromatic rings. The molecule has 118 valence electrons. The van der Waals surface area contributed by atoms with Crippen molar-refractivity contribution in [2.24, 2.45) is 7.05 Å². The van der Waals surface area contributed by atoms with Crippen LogP contribution in [0.25, 0.3) is 0 Å². The maximum atomic E-state index is 12.2. The number of carbonyl (C=O) groups is 1. The number of urea groups is 1. The van der Waals surface area contributed by atoms with Crippen molar-refractivity contribution in [2.45, 2.75) is 32.4 Å². The van der Waals surface area contributed by atoms with E-state index in [1.807, 2.05) is 45.2 Å². The fourth-order valence-corrected chi connectivity index (χ4v) is 2.49. The highest BCUT2D eigenvalue weighted by molar-refractivity contribution is 6.30. The summed E-state index contributed by atoms with van der Waals surface area (Å²) in [6, 6.07) is 6.93. The number of hydrogen-bond acceptors (Lipinski definition) is 3. The van der Waals surface area contributed by atoms with Gasteiger partial charge in [0.1, 0.15) is 6.33 Å². The fourth-order valence-electron chi connectivity index (χ4n) is 2.29. The molecule has 7 heteroatoms. The molecule has 0 aliphatic heterocycles. The van der Waals surface area contributed by atoms with Crippen LogP contribution < -0.4 is 10.6 Å². The number of nitrogens with zero attached hydrogens (tertiary/aromatic N) is 3. The molecule has 0 bridgehead atoms. The van der Waals surface area contributed by atoms with Crippen LogP contribution in [0, 0.1) is 0 Å². The highest BCUT2D eigenvalue weighted by Gasteiger charge is 2.17. The van der Waals surface area contributed by atoms with Crippen molar-refractivity contribution in [1.29, 1.82) is 0 Å². The fraction of sp³-hybridized carbons (Fsp3) is 0.400. The van der Waals surface area contributed by atoms with E-state index in [0.29, 0.717) is 10.8 Å². The summed E-state index contributed by atoms with van der Waals surface area (Å²) in [4.78, 5) is 12.2. The minimum atomic E-state index is -0.248. The molecule has 1 heterocycles. The molecule has 2 unspecified atom stereocenters. The largest absolute Gasteiger partial charge is 0.331 e. The van der Waals surface area contributed by atoms with Gasteiger partial charge in [0.25, 0.3) is 0 Å². The molecule has 0 radical (unpaired) electrons. The Hall–Kier alpha value is -2.08. The first-order valence-corrected chi connectivity index (χ1v) is 7.55. The molecular weight excluding hydrogens is 302 g/mol. The third-order valence-corrected chi connectivity index (χ3v) is 3.68. The van der Waals surface area contributed by atoms with Crippen LogP contribution in [0.4, 0.5) is 4.79 Å². The number of rotatable bonds is 5. The Morgan fingerprint density at radius 1 is 1.41 bits per heavy atom. The Morgan fingerprint density at radius 2 is 2.18 bits per heavy atom. The second kappa shape index (κ2) is 7.26. The average molecular weight is 322 g/mol. The zero-order valence-electron chi connectivity index (χ0n) is 12.9. The number of amides is 2. The van der Waals surface area contributed by atoms with E-state index >= 15 is 0 Å². The van der Waals surface area contributed by atoms with Gasteiger partial charge in [-0.2, -0.15) is 0 Å². The molecule has 2 N–H and O–H groups in total. The van der Waals surface area contributed by atoms with E-state index in [9.17, 15) is 4.79 Å². The molecule has 6 nitrogen and oxygen atoms in total. The van der Waals surface area contributed by atoms with Crippen molar-refractivity contribution in [1.82, 2.24) is 25.4 Å². The summed E-state index contributed by atoms with van der Waals surface area (Å²) in [6.07, 6.45) is 2.37. The molecule has 1 aromatic carbocycles. The lowest BCUT2D eigenvalue weighted by atomic mass is 10.1. The lowest BCUT2D eigenvalue weighted by Crippen LogP contribution is -2.39. The summed E-state index contributed by atoms with van der Waals surface area (Å²) < 4.78 is 1.78. The summed E-state index contributed by atoms with van der Waals surface area (Å²) in [5.41, 5.74) is 0.983. The Bertz CT molecular complexity index is 642. The summed E-state index contributed by atoms with van der Waals surface area (Å²) in [5, 5.41) is 14.3. The van der Waals surface area contributed by atoms with E-state index in [0.717, 1.165) is 12.0 Å². The van der Waals surface area contributed by atoms with Crippen molar-refractivity contribution in [3.8, 4) is 0 Å². The van der Waals surface area contributed by atoms with Crippen molar-refractivity contribution < 1.29 is 4.79 Å². The SMILES string of the molecule is CCC(NC(=O)NC(C)c1nncn1C)c1cccc(Cl)c1. The minimum absolute atomic E-state index is 0.0922. The summed E-state index contributed by atoms with van der Waals surface area (Å²) in [5.74, 6) is 0.700. The van der Waals surface area contributed by atoms with Gasteiger partial charge in [-0.15, -0.1) is 10.2 Å². The van der Waals surface area contributed by atoms with Gasteiger partial charge in [0.05, 0.1) is 12.1 Å². The number of halogens is 1. The van der Waals surface area contributed by atoms with Gasteiger partial charge in [0, 0.05) is 12.1 Å². The highest BCUT2D eigenvalue weighted by Crippen LogP contribution is 2.20. The van der Waals surface area contributed by atoms with E-state index < -0.39 is 0 Å². The quantitative estimate of drug-likeness (QED) is 0.889. The molecule has 0 aliphatic carbocycles. The number of nitrogens with one attached hydrogen (secondary N) is 2. The first-order valence-electron chi connectivity index (χ1n) is 7.17. The minimum Gasteiger partial charge on any atom is -0.331 e. The molecule has 0 fully saturated rings. The molecule has 0 aliphatic rings. The molecular formula is C15H20ClN5O. The van der Waals surface area contributed by atoms with Gasteiger partial charge in [-0.3, -0.25) is 0 Å². The topological polar surface area (TPSA) is 71.8 Å². The van der Waals surface area contributed by atoms with Crippen molar-refractivity contribution >= 4 is 17.6 Å². The molecule has 0 saturated carbocycles. The van der Waals surface area contributed by atoms with Crippen molar-refractivity contribution in [3.63, 3.8) is 0 Å². The van der Waals surface area contributed by atoms with Gasteiger partial charge < -0.3 is 15.2 Å². The van der Waals surface area contributed by atoms with E-state index in [4.69, 9.17) is 11.6 Å². The van der Waals surface area contributed by atoms with Crippen molar-refractivity contribution in [3.05, 3.63) is 47.0 Å². The van der Waals surface area contributed by atoms with Gasteiger partial charge in [-0.1, -0.05) is 30.7 Å². The van der Waals surface area contributed by atoms with Crippen LogP contribution in [0.1, 0.15) is 43.7 Å². The first kappa shape index (κ1) is 16.3. The average Bonchev–Trinajstić information content (AvgIpc) is 2.91. The Morgan fingerprint density at radius 3 is 2.77 bits per heavy atom. The highest BCUT2D eigenvalue weighted by atomic mass is 35.5.